The Balaban J connectivity index is 2.22. The first-order chi connectivity index (χ1) is 12.1. The summed E-state index contributed by atoms with van der Waals surface area (Å²) in [6.45, 7) is 0. The maximum atomic E-state index is 11.2. The van der Waals surface area contributed by atoms with Crippen molar-refractivity contribution in [1.29, 1.82) is 0 Å². The van der Waals surface area contributed by atoms with Gasteiger partial charge in [0.2, 0.25) is 0 Å². The molecule has 0 spiro atoms. The van der Waals surface area contributed by atoms with E-state index in [0.29, 0.717) is 5.75 Å². The summed E-state index contributed by atoms with van der Waals surface area (Å²) in [5.74, 6) is 1.42. The van der Waals surface area contributed by atoms with Gasteiger partial charge in [0.1, 0.15) is 11.5 Å². The third-order valence-corrected chi connectivity index (χ3v) is 3.98. The van der Waals surface area contributed by atoms with Gasteiger partial charge in [-0.3, -0.25) is 10.1 Å². The van der Waals surface area contributed by atoms with Crippen molar-refractivity contribution in [3.05, 3.63) is 76.8 Å². The van der Waals surface area contributed by atoms with E-state index in [1.807, 2.05) is 48.5 Å². The van der Waals surface area contributed by atoms with Gasteiger partial charge in [-0.25, -0.2) is 0 Å². The van der Waals surface area contributed by atoms with E-state index in [0.717, 1.165) is 28.0 Å². The third kappa shape index (κ3) is 3.45. The summed E-state index contributed by atoms with van der Waals surface area (Å²) in [5, 5.41) is 11.2. The summed E-state index contributed by atoms with van der Waals surface area (Å²) in [7, 11) is 3.20. The lowest BCUT2D eigenvalue weighted by atomic mass is 9.94. The van der Waals surface area contributed by atoms with Crippen molar-refractivity contribution >= 4 is 5.69 Å². The maximum Gasteiger partial charge on any atom is 0.270 e. The average molecular weight is 335 g/mol. The second kappa shape index (κ2) is 7.05. The van der Waals surface area contributed by atoms with E-state index in [2.05, 4.69) is 0 Å². The molecule has 0 bridgehead atoms. The van der Waals surface area contributed by atoms with Crippen LogP contribution < -0.4 is 9.47 Å². The highest BCUT2D eigenvalue weighted by Crippen LogP contribution is 2.37. The molecule has 0 N–H and O–H groups in total. The van der Waals surface area contributed by atoms with E-state index in [-0.39, 0.29) is 10.6 Å². The van der Waals surface area contributed by atoms with Gasteiger partial charge in [0.05, 0.1) is 19.1 Å². The minimum Gasteiger partial charge on any atom is -0.497 e. The van der Waals surface area contributed by atoms with Crippen molar-refractivity contribution in [2.45, 2.75) is 0 Å². The number of benzene rings is 3. The molecule has 0 atom stereocenters. The Labute approximate surface area is 145 Å². The van der Waals surface area contributed by atoms with Gasteiger partial charge in [0.15, 0.2) is 0 Å². The molecule has 0 aliphatic carbocycles. The highest BCUT2D eigenvalue weighted by molar-refractivity contribution is 5.85. The van der Waals surface area contributed by atoms with Crippen LogP contribution >= 0.6 is 0 Å². The molecule has 0 aliphatic rings. The fourth-order valence-electron chi connectivity index (χ4n) is 2.72. The highest BCUT2D eigenvalue weighted by atomic mass is 16.6. The van der Waals surface area contributed by atoms with E-state index in [9.17, 15) is 10.1 Å². The predicted octanol–water partition coefficient (Wildman–Crippen LogP) is 4.95. The molecule has 5 heteroatoms. The normalized spacial score (nSPS) is 10.3. The van der Waals surface area contributed by atoms with Crippen LogP contribution in [0.2, 0.25) is 0 Å². The van der Waals surface area contributed by atoms with Crippen molar-refractivity contribution in [1.82, 2.24) is 0 Å². The largest absolute Gasteiger partial charge is 0.497 e. The molecule has 5 nitrogen and oxygen atoms in total. The lowest BCUT2D eigenvalue weighted by Crippen LogP contribution is -1.92. The molecular formula is C20H17NO4. The number of hydrogen-bond acceptors (Lipinski definition) is 4. The number of methoxy groups -OCH3 is 2. The van der Waals surface area contributed by atoms with Gasteiger partial charge >= 0.3 is 0 Å². The summed E-state index contributed by atoms with van der Waals surface area (Å²) in [4.78, 5) is 10.8. The number of nitro groups is 1. The van der Waals surface area contributed by atoms with Crippen molar-refractivity contribution in [3.8, 4) is 33.8 Å². The van der Waals surface area contributed by atoms with E-state index < -0.39 is 0 Å². The zero-order valence-corrected chi connectivity index (χ0v) is 13.9. The second-order valence-electron chi connectivity index (χ2n) is 5.45. The Morgan fingerprint density at radius 3 is 1.84 bits per heavy atom. The molecule has 3 rings (SSSR count). The van der Waals surface area contributed by atoms with Crippen LogP contribution in [0.15, 0.2) is 66.7 Å². The molecule has 0 radical (unpaired) electrons. The molecule has 0 saturated carbocycles. The molecule has 0 heterocycles. The minimum atomic E-state index is -0.390. The lowest BCUT2D eigenvalue weighted by Gasteiger charge is -2.12. The molecule has 0 aromatic heterocycles. The van der Waals surface area contributed by atoms with Crippen LogP contribution in [-0.2, 0) is 0 Å². The van der Waals surface area contributed by atoms with E-state index in [1.54, 1.807) is 26.4 Å². The van der Waals surface area contributed by atoms with Crippen LogP contribution in [0.25, 0.3) is 22.3 Å². The summed E-state index contributed by atoms with van der Waals surface area (Å²) >= 11 is 0. The Hall–Kier alpha value is -3.34. The zero-order chi connectivity index (χ0) is 17.8. The Bertz CT molecular complexity index is 921. The number of nitro benzene ring substituents is 1. The van der Waals surface area contributed by atoms with Gasteiger partial charge in [-0.15, -0.1) is 0 Å². The summed E-state index contributed by atoms with van der Waals surface area (Å²) in [6.07, 6.45) is 0. The smallest absolute Gasteiger partial charge is 0.270 e. The maximum absolute atomic E-state index is 11.2. The quantitative estimate of drug-likeness (QED) is 0.489. The minimum absolute atomic E-state index is 0.0458. The molecule has 3 aromatic rings. The first kappa shape index (κ1) is 16.5. The zero-order valence-electron chi connectivity index (χ0n) is 13.9. The van der Waals surface area contributed by atoms with Gasteiger partial charge in [-0.2, -0.15) is 0 Å². The van der Waals surface area contributed by atoms with Gasteiger partial charge in [-0.1, -0.05) is 24.3 Å². The van der Waals surface area contributed by atoms with Crippen LogP contribution in [0, 0.1) is 10.1 Å². The molecule has 25 heavy (non-hydrogen) atoms. The first-order valence-electron chi connectivity index (χ1n) is 7.69. The van der Waals surface area contributed by atoms with Crippen LogP contribution in [-0.4, -0.2) is 19.1 Å². The molecule has 3 aromatic carbocycles. The average Bonchev–Trinajstić information content (AvgIpc) is 2.67. The third-order valence-electron chi connectivity index (χ3n) is 3.98. The number of ether oxygens (including phenoxy) is 2. The monoisotopic (exact) mass is 335 g/mol. The van der Waals surface area contributed by atoms with Gasteiger partial charge in [-0.05, 0) is 52.6 Å². The van der Waals surface area contributed by atoms with Gasteiger partial charge < -0.3 is 9.47 Å². The Kier molecular flexibility index (Phi) is 4.66. The van der Waals surface area contributed by atoms with Crippen molar-refractivity contribution in [2.24, 2.45) is 0 Å². The van der Waals surface area contributed by atoms with Crippen molar-refractivity contribution in [2.75, 3.05) is 14.2 Å². The van der Waals surface area contributed by atoms with Crippen molar-refractivity contribution < 1.29 is 14.4 Å². The molecule has 0 saturated heterocycles. The number of nitrogens with zero attached hydrogens (tertiary/aromatic N) is 1. The van der Waals surface area contributed by atoms with E-state index in [1.165, 1.54) is 6.07 Å². The fourth-order valence-corrected chi connectivity index (χ4v) is 2.72. The van der Waals surface area contributed by atoms with Crippen molar-refractivity contribution in [3.63, 3.8) is 0 Å². The summed E-state index contributed by atoms with van der Waals surface area (Å²) in [6, 6.07) is 20.0. The number of non-ortho nitro benzene ring substituents is 1. The topological polar surface area (TPSA) is 61.6 Å². The Morgan fingerprint density at radius 1 is 0.760 bits per heavy atom. The molecule has 0 fully saturated rings. The molecular weight excluding hydrogens is 318 g/mol. The van der Waals surface area contributed by atoms with Crippen LogP contribution in [0.1, 0.15) is 0 Å². The SMILES string of the molecule is COc1cccc(-c2ccc([N+](=O)[O-])cc2-c2cccc(OC)c2)c1. The van der Waals surface area contributed by atoms with Gasteiger partial charge in [0, 0.05) is 12.1 Å². The van der Waals surface area contributed by atoms with E-state index in [4.69, 9.17) is 9.47 Å². The fraction of sp³-hybridized carbons (Fsp3) is 0.100. The molecule has 0 unspecified atom stereocenters. The molecule has 0 amide bonds. The number of hydrogen-bond donors (Lipinski definition) is 0. The summed E-state index contributed by atoms with van der Waals surface area (Å²) in [5.41, 5.74) is 3.47. The lowest BCUT2D eigenvalue weighted by molar-refractivity contribution is -0.384. The van der Waals surface area contributed by atoms with Crippen LogP contribution in [0.3, 0.4) is 0 Å². The van der Waals surface area contributed by atoms with Crippen LogP contribution in [0.4, 0.5) is 5.69 Å². The predicted molar refractivity (Wildman–Crippen MR) is 97.1 cm³/mol. The van der Waals surface area contributed by atoms with Gasteiger partial charge in [0.25, 0.3) is 5.69 Å². The van der Waals surface area contributed by atoms with E-state index >= 15 is 0 Å². The Morgan fingerprint density at radius 2 is 1.32 bits per heavy atom. The van der Waals surface area contributed by atoms with Crippen LogP contribution in [0.5, 0.6) is 11.5 Å². The number of rotatable bonds is 5. The molecule has 126 valence electrons. The first-order valence-corrected chi connectivity index (χ1v) is 7.69. The summed E-state index contributed by atoms with van der Waals surface area (Å²) < 4.78 is 10.6. The highest BCUT2D eigenvalue weighted by Gasteiger charge is 2.14. The standard InChI is InChI=1S/C20H17NO4/c1-24-17-7-3-5-14(11-17)19-10-9-16(21(22)23)13-20(19)15-6-4-8-18(12-15)25-2/h3-13H,1-2H3. The molecule has 0 aliphatic heterocycles. The second-order valence-corrected chi connectivity index (χ2v) is 5.45.